The van der Waals surface area contributed by atoms with E-state index in [2.05, 4.69) is 49.2 Å². The van der Waals surface area contributed by atoms with E-state index in [9.17, 15) is 0 Å². The standard InChI is InChI=1S/C15H18N2/c1-10-4-6-13(7-5-10)14(16)15-12(3)8-11(2)9-17-15/h4-9,14H,16H2,1-3H3. The van der Waals surface area contributed by atoms with Crippen LogP contribution < -0.4 is 5.73 Å². The van der Waals surface area contributed by atoms with Crippen LogP contribution in [-0.4, -0.2) is 4.98 Å². The zero-order chi connectivity index (χ0) is 12.4. The highest BCUT2D eigenvalue weighted by atomic mass is 14.8. The van der Waals surface area contributed by atoms with Gasteiger partial charge in [-0.3, -0.25) is 4.98 Å². The first-order chi connectivity index (χ1) is 8.08. The van der Waals surface area contributed by atoms with Gasteiger partial charge in [0.2, 0.25) is 0 Å². The Morgan fingerprint density at radius 1 is 1.00 bits per heavy atom. The topological polar surface area (TPSA) is 38.9 Å². The number of benzene rings is 1. The molecule has 0 aliphatic heterocycles. The number of aryl methyl sites for hydroxylation is 3. The van der Waals surface area contributed by atoms with E-state index in [-0.39, 0.29) is 6.04 Å². The second kappa shape index (κ2) is 4.68. The van der Waals surface area contributed by atoms with Gasteiger partial charge in [-0.25, -0.2) is 0 Å². The van der Waals surface area contributed by atoms with E-state index in [1.165, 1.54) is 11.1 Å². The smallest absolute Gasteiger partial charge is 0.0729 e. The van der Waals surface area contributed by atoms with Gasteiger partial charge < -0.3 is 5.73 Å². The Morgan fingerprint density at radius 2 is 1.65 bits per heavy atom. The SMILES string of the molecule is Cc1ccc(C(N)c2ncc(C)cc2C)cc1. The Labute approximate surface area is 103 Å². The maximum Gasteiger partial charge on any atom is 0.0729 e. The second-order valence-electron chi connectivity index (χ2n) is 4.60. The molecular formula is C15H18N2. The molecule has 1 unspecified atom stereocenters. The fourth-order valence-electron chi connectivity index (χ4n) is 1.98. The Bertz CT molecular complexity index is 515. The molecule has 88 valence electrons. The number of nitrogens with two attached hydrogens (primary N) is 1. The summed E-state index contributed by atoms with van der Waals surface area (Å²) in [6.45, 7) is 6.18. The fraction of sp³-hybridized carbons (Fsp3) is 0.267. The Balaban J connectivity index is 2.36. The molecule has 0 spiro atoms. The summed E-state index contributed by atoms with van der Waals surface area (Å²) in [6.07, 6.45) is 1.87. The van der Waals surface area contributed by atoms with Crippen LogP contribution in [0.15, 0.2) is 36.5 Å². The van der Waals surface area contributed by atoms with Gasteiger partial charge in [-0.05, 0) is 37.5 Å². The molecule has 0 aliphatic rings. The zero-order valence-electron chi connectivity index (χ0n) is 10.6. The van der Waals surface area contributed by atoms with Gasteiger partial charge in [0.05, 0.1) is 11.7 Å². The maximum atomic E-state index is 6.25. The Hall–Kier alpha value is -1.67. The Morgan fingerprint density at radius 3 is 2.24 bits per heavy atom. The zero-order valence-corrected chi connectivity index (χ0v) is 10.6. The van der Waals surface area contributed by atoms with Crippen molar-refractivity contribution in [3.8, 4) is 0 Å². The van der Waals surface area contributed by atoms with Crippen molar-refractivity contribution < 1.29 is 0 Å². The van der Waals surface area contributed by atoms with Crippen molar-refractivity contribution in [2.24, 2.45) is 5.73 Å². The molecule has 0 saturated carbocycles. The van der Waals surface area contributed by atoms with Crippen LogP contribution in [0.2, 0.25) is 0 Å². The second-order valence-corrected chi connectivity index (χ2v) is 4.60. The molecule has 2 rings (SSSR count). The predicted molar refractivity (Wildman–Crippen MR) is 70.9 cm³/mol. The summed E-state index contributed by atoms with van der Waals surface area (Å²) >= 11 is 0. The monoisotopic (exact) mass is 226 g/mol. The normalized spacial score (nSPS) is 12.5. The van der Waals surface area contributed by atoms with E-state index in [4.69, 9.17) is 5.73 Å². The van der Waals surface area contributed by atoms with Gasteiger partial charge in [0.25, 0.3) is 0 Å². The highest BCUT2D eigenvalue weighted by Gasteiger charge is 2.12. The number of hydrogen-bond acceptors (Lipinski definition) is 2. The van der Waals surface area contributed by atoms with Crippen molar-refractivity contribution in [3.05, 3.63) is 64.5 Å². The van der Waals surface area contributed by atoms with Crippen LogP contribution in [0.5, 0.6) is 0 Å². The van der Waals surface area contributed by atoms with E-state index in [1.807, 2.05) is 13.1 Å². The van der Waals surface area contributed by atoms with Crippen molar-refractivity contribution in [1.82, 2.24) is 4.98 Å². The van der Waals surface area contributed by atoms with Gasteiger partial charge >= 0.3 is 0 Å². The Kier molecular flexibility index (Phi) is 3.25. The molecule has 2 N–H and O–H groups in total. The molecule has 1 atom stereocenters. The van der Waals surface area contributed by atoms with E-state index in [0.717, 1.165) is 16.8 Å². The van der Waals surface area contributed by atoms with Gasteiger partial charge in [-0.15, -0.1) is 0 Å². The van der Waals surface area contributed by atoms with Crippen LogP contribution in [0, 0.1) is 20.8 Å². The van der Waals surface area contributed by atoms with Crippen LogP contribution in [0.25, 0.3) is 0 Å². The quantitative estimate of drug-likeness (QED) is 0.854. The molecule has 0 radical (unpaired) electrons. The van der Waals surface area contributed by atoms with Gasteiger partial charge in [0, 0.05) is 6.20 Å². The minimum atomic E-state index is -0.142. The molecule has 0 fully saturated rings. The summed E-state index contributed by atoms with van der Waals surface area (Å²) in [6, 6.07) is 10.3. The van der Waals surface area contributed by atoms with E-state index >= 15 is 0 Å². The predicted octanol–water partition coefficient (Wildman–Crippen LogP) is 3.05. The van der Waals surface area contributed by atoms with Crippen molar-refractivity contribution >= 4 is 0 Å². The number of aromatic nitrogens is 1. The number of nitrogens with zero attached hydrogens (tertiary/aromatic N) is 1. The highest BCUT2D eigenvalue weighted by Crippen LogP contribution is 2.21. The minimum absolute atomic E-state index is 0.142. The maximum absolute atomic E-state index is 6.25. The molecule has 1 aromatic carbocycles. The van der Waals surface area contributed by atoms with Gasteiger partial charge in [0.1, 0.15) is 0 Å². The molecule has 1 heterocycles. The average Bonchev–Trinajstić information content (AvgIpc) is 2.29. The van der Waals surface area contributed by atoms with Crippen LogP contribution in [0.1, 0.15) is 34.0 Å². The number of rotatable bonds is 2. The van der Waals surface area contributed by atoms with Crippen molar-refractivity contribution in [3.63, 3.8) is 0 Å². The average molecular weight is 226 g/mol. The van der Waals surface area contributed by atoms with Crippen LogP contribution in [0.3, 0.4) is 0 Å². The molecule has 0 amide bonds. The summed E-state index contributed by atoms with van der Waals surface area (Å²) in [7, 11) is 0. The summed E-state index contributed by atoms with van der Waals surface area (Å²) in [5, 5.41) is 0. The molecule has 0 aliphatic carbocycles. The van der Waals surface area contributed by atoms with Crippen molar-refractivity contribution in [2.45, 2.75) is 26.8 Å². The van der Waals surface area contributed by atoms with Gasteiger partial charge in [-0.1, -0.05) is 35.9 Å². The summed E-state index contributed by atoms with van der Waals surface area (Å²) < 4.78 is 0. The third-order valence-electron chi connectivity index (χ3n) is 2.99. The molecule has 2 aromatic rings. The lowest BCUT2D eigenvalue weighted by atomic mass is 9.99. The molecule has 2 nitrogen and oxygen atoms in total. The first-order valence-corrected chi connectivity index (χ1v) is 5.83. The largest absolute Gasteiger partial charge is 0.319 e. The molecular weight excluding hydrogens is 208 g/mol. The van der Waals surface area contributed by atoms with Crippen molar-refractivity contribution in [1.29, 1.82) is 0 Å². The third kappa shape index (κ3) is 2.53. The number of hydrogen-bond donors (Lipinski definition) is 1. The van der Waals surface area contributed by atoms with Crippen LogP contribution >= 0.6 is 0 Å². The molecule has 0 saturated heterocycles. The van der Waals surface area contributed by atoms with Crippen LogP contribution in [0.4, 0.5) is 0 Å². The lowest BCUT2D eigenvalue weighted by Crippen LogP contribution is -2.15. The van der Waals surface area contributed by atoms with E-state index < -0.39 is 0 Å². The molecule has 0 bridgehead atoms. The highest BCUT2D eigenvalue weighted by molar-refractivity contribution is 5.34. The summed E-state index contributed by atoms with van der Waals surface area (Å²) in [5.74, 6) is 0. The number of pyridine rings is 1. The fourth-order valence-corrected chi connectivity index (χ4v) is 1.98. The molecule has 1 aromatic heterocycles. The van der Waals surface area contributed by atoms with E-state index in [0.29, 0.717) is 0 Å². The van der Waals surface area contributed by atoms with Gasteiger partial charge in [0.15, 0.2) is 0 Å². The lowest BCUT2D eigenvalue weighted by Gasteiger charge is -2.14. The van der Waals surface area contributed by atoms with Gasteiger partial charge in [-0.2, -0.15) is 0 Å². The summed E-state index contributed by atoms with van der Waals surface area (Å²) in [4.78, 5) is 4.45. The minimum Gasteiger partial charge on any atom is -0.319 e. The van der Waals surface area contributed by atoms with Crippen LogP contribution in [-0.2, 0) is 0 Å². The first-order valence-electron chi connectivity index (χ1n) is 5.83. The van der Waals surface area contributed by atoms with E-state index in [1.54, 1.807) is 0 Å². The third-order valence-corrected chi connectivity index (χ3v) is 2.99. The molecule has 2 heteroatoms. The first kappa shape index (κ1) is 11.8. The van der Waals surface area contributed by atoms with Crippen molar-refractivity contribution in [2.75, 3.05) is 0 Å². The summed E-state index contributed by atoms with van der Waals surface area (Å²) in [5.41, 5.74) is 11.9. The molecule has 17 heavy (non-hydrogen) atoms. The lowest BCUT2D eigenvalue weighted by molar-refractivity contribution is 0.815.